The summed E-state index contributed by atoms with van der Waals surface area (Å²) in [5.74, 6) is -1.69. The molecule has 6 heteroatoms. The fourth-order valence-corrected chi connectivity index (χ4v) is 3.82. The summed E-state index contributed by atoms with van der Waals surface area (Å²) in [7, 11) is 0. The minimum atomic E-state index is -0.964. The first kappa shape index (κ1) is 18.9. The highest BCUT2D eigenvalue weighted by Gasteiger charge is 2.35. The molecule has 0 aliphatic rings. The number of ketones is 1. The van der Waals surface area contributed by atoms with Crippen molar-refractivity contribution in [2.75, 3.05) is 12.3 Å². The summed E-state index contributed by atoms with van der Waals surface area (Å²) in [4.78, 5) is 25.4. The number of phenolic OH excluding ortho intramolecular Hbond substituents is 1. The molecular weight excluding hydrogens is 338 g/mol. The molecule has 0 saturated carbocycles. The van der Waals surface area contributed by atoms with Crippen LogP contribution < -0.4 is 5.73 Å². The molecule has 0 aromatic heterocycles. The molecule has 0 saturated heterocycles. The molecule has 132 valence electrons. The molecule has 2 rings (SSSR count). The Bertz CT molecular complexity index is 745. The van der Waals surface area contributed by atoms with Crippen LogP contribution in [0.3, 0.4) is 0 Å². The second-order valence-corrected chi connectivity index (χ2v) is 6.69. The summed E-state index contributed by atoms with van der Waals surface area (Å²) < 4.78 is 5.11. The van der Waals surface area contributed by atoms with Gasteiger partial charge in [-0.25, -0.2) is 0 Å². The first-order valence-electron chi connectivity index (χ1n) is 7.91. The smallest absolute Gasteiger partial charge is 0.317 e. The second kappa shape index (κ2) is 8.58. The monoisotopic (exact) mass is 359 g/mol. The lowest BCUT2D eigenvalue weighted by Crippen LogP contribution is -2.29. The summed E-state index contributed by atoms with van der Waals surface area (Å²) in [6.07, 6.45) is 0. The molecule has 2 aromatic carbocycles. The number of anilines is 1. The standard InChI is InChI=1S/C19H21NO4S/c1-3-24-19(23)17(12(2)21)18(13-8-10-14(22)11-9-13)25-16-7-5-4-6-15(16)20/h4-11,17-18,22H,3,20H2,1-2H3. The minimum Gasteiger partial charge on any atom is -0.508 e. The SMILES string of the molecule is CCOC(=O)C(C(C)=O)C(Sc1ccccc1N)c1ccc(O)cc1. The first-order chi connectivity index (χ1) is 11.9. The molecule has 0 aliphatic carbocycles. The number of hydrogen-bond donors (Lipinski definition) is 2. The highest BCUT2D eigenvalue weighted by Crippen LogP contribution is 2.44. The largest absolute Gasteiger partial charge is 0.508 e. The van der Waals surface area contributed by atoms with E-state index in [1.807, 2.05) is 18.2 Å². The maximum Gasteiger partial charge on any atom is 0.317 e. The number of thioether (sulfide) groups is 1. The zero-order valence-corrected chi connectivity index (χ0v) is 15.0. The van der Waals surface area contributed by atoms with Gasteiger partial charge in [-0.1, -0.05) is 24.3 Å². The van der Waals surface area contributed by atoms with Gasteiger partial charge in [0.25, 0.3) is 0 Å². The van der Waals surface area contributed by atoms with E-state index in [0.717, 1.165) is 10.5 Å². The van der Waals surface area contributed by atoms with Gasteiger partial charge in [-0.05, 0) is 43.7 Å². The van der Waals surface area contributed by atoms with Crippen molar-refractivity contribution in [1.82, 2.24) is 0 Å². The van der Waals surface area contributed by atoms with E-state index in [4.69, 9.17) is 10.5 Å². The Balaban J connectivity index is 2.46. The number of hydrogen-bond acceptors (Lipinski definition) is 6. The Hall–Kier alpha value is -2.47. The molecule has 2 aromatic rings. The summed E-state index contributed by atoms with van der Waals surface area (Å²) in [5, 5.41) is 9.02. The number of para-hydroxylation sites is 1. The van der Waals surface area contributed by atoms with Crippen LogP contribution in [-0.2, 0) is 14.3 Å². The van der Waals surface area contributed by atoms with E-state index < -0.39 is 17.1 Å². The molecule has 0 fully saturated rings. The van der Waals surface area contributed by atoms with Crippen LogP contribution in [0.25, 0.3) is 0 Å². The Morgan fingerprint density at radius 2 is 1.80 bits per heavy atom. The Kier molecular flexibility index (Phi) is 6.47. The zero-order valence-electron chi connectivity index (χ0n) is 14.1. The number of benzene rings is 2. The van der Waals surface area contributed by atoms with Crippen LogP contribution in [-0.4, -0.2) is 23.5 Å². The third-order valence-corrected chi connectivity index (χ3v) is 5.10. The third-order valence-electron chi connectivity index (χ3n) is 3.68. The molecular formula is C19H21NO4S. The average Bonchev–Trinajstić information content (AvgIpc) is 2.57. The number of Topliss-reactive ketones (excluding diaryl/α,β-unsaturated/α-hetero) is 1. The lowest BCUT2D eigenvalue weighted by molar-refractivity contribution is -0.151. The van der Waals surface area contributed by atoms with Crippen molar-refractivity contribution >= 4 is 29.2 Å². The minimum absolute atomic E-state index is 0.113. The van der Waals surface area contributed by atoms with E-state index in [1.165, 1.54) is 30.8 Å². The summed E-state index contributed by atoms with van der Waals surface area (Å²) in [6.45, 7) is 3.28. The predicted octanol–water partition coefficient (Wildman–Crippen LogP) is 3.58. The molecule has 2 atom stereocenters. The van der Waals surface area contributed by atoms with Gasteiger partial charge in [0.1, 0.15) is 17.5 Å². The van der Waals surface area contributed by atoms with E-state index >= 15 is 0 Å². The first-order valence-corrected chi connectivity index (χ1v) is 8.79. The average molecular weight is 359 g/mol. The molecule has 0 radical (unpaired) electrons. The summed E-state index contributed by atoms with van der Waals surface area (Å²) >= 11 is 1.34. The van der Waals surface area contributed by atoms with Crippen LogP contribution in [0.1, 0.15) is 24.7 Å². The maximum absolute atomic E-state index is 12.4. The van der Waals surface area contributed by atoms with Crippen LogP contribution in [0.2, 0.25) is 0 Å². The Morgan fingerprint density at radius 1 is 1.16 bits per heavy atom. The molecule has 25 heavy (non-hydrogen) atoms. The van der Waals surface area contributed by atoms with Gasteiger partial charge in [0, 0.05) is 10.6 Å². The summed E-state index contributed by atoms with van der Waals surface area (Å²) in [5.41, 5.74) is 7.33. The van der Waals surface area contributed by atoms with Gasteiger partial charge >= 0.3 is 5.97 Å². The van der Waals surface area contributed by atoms with Crippen molar-refractivity contribution in [1.29, 1.82) is 0 Å². The van der Waals surface area contributed by atoms with Crippen molar-refractivity contribution in [3.63, 3.8) is 0 Å². The molecule has 0 heterocycles. The fraction of sp³-hybridized carbons (Fsp3) is 0.263. The number of carbonyl (C=O) groups excluding carboxylic acids is 2. The predicted molar refractivity (Wildman–Crippen MR) is 98.4 cm³/mol. The van der Waals surface area contributed by atoms with Gasteiger partial charge in [-0.15, -0.1) is 11.8 Å². The highest BCUT2D eigenvalue weighted by atomic mass is 32.2. The van der Waals surface area contributed by atoms with Gasteiger partial charge in [0.05, 0.1) is 11.9 Å². The van der Waals surface area contributed by atoms with Crippen molar-refractivity contribution in [2.24, 2.45) is 5.92 Å². The molecule has 0 bridgehead atoms. The van der Waals surface area contributed by atoms with Crippen molar-refractivity contribution < 1.29 is 19.4 Å². The molecule has 2 unspecified atom stereocenters. The Morgan fingerprint density at radius 3 is 2.36 bits per heavy atom. The summed E-state index contributed by atoms with van der Waals surface area (Å²) in [6, 6.07) is 13.7. The molecule has 5 nitrogen and oxygen atoms in total. The molecule has 0 aliphatic heterocycles. The van der Waals surface area contributed by atoms with E-state index in [0.29, 0.717) is 5.69 Å². The molecule has 3 N–H and O–H groups in total. The number of aromatic hydroxyl groups is 1. The van der Waals surface area contributed by atoms with E-state index in [1.54, 1.807) is 25.1 Å². The fourth-order valence-electron chi connectivity index (χ4n) is 2.45. The van der Waals surface area contributed by atoms with Crippen molar-refractivity contribution in [3.8, 4) is 5.75 Å². The van der Waals surface area contributed by atoms with Gasteiger partial charge in [0.15, 0.2) is 0 Å². The van der Waals surface area contributed by atoms with E-state index in [9.17, 15) is 14.7 Å². The van der Waals surface area contributed by atoms with Gasteiger partial charge in [0.2, 0.25) is 0 Å². The normalized spacial score (nSPS) is 13.0. The number of nitrogens with two attached hydrogens (primary N) is 1. The third kappa shape index (κ3) is 4.76. The number of rotatable bonds is 7. The van der Waals surface area contributed by atoms with Gasteiger partial charge in [-0.3, -0.25) is 9.59 Å². The number of nitrogen functional groups attached to an aromatic ring is 1. The van der Waals surface area contributed by atoms with Crippen LogP contribution in [0.15, 0.2) is 53.4 Å². The van der Waals surface area contributed by atoms with E-state index in [-0.39, 0.29) is 18.1 Å². The lowest BCUT2D eigenvalue weighted by Gasteiger charge is -2.24. The number of carbonyl (C=O) groups is 2. The number of ether oxygens (including phenoxy) is 1. The van der Waals surface area contributed by atoms with Gasteiger partial charge in [-0.2, -0.15) is 0 Å². The van der Waals surface area contributed by atoms with Crippen LogP contribution in [0, 0.1) is 5.92 Å². The lowest BCUT2D eigenvalue weighted by atomic mass is 9.95. The van der Waals surface area contributed by atoms with Gasteiger partial charge < -0.3 is 15.6 Å². The zero-order chi connectivity index (χ0) is 18.4. The maximum atomic E-state index is 12.4. The molecule has 0 spiro atoms. The van der Waals surface area contributed by atoms with Crippen LogP contribution >= 0.6 is 11.8 Å². The van der Waals surface area contributed by atoms with Crippen molar-refractivity contribution in [2.45, 2.75) is 24.0 Å². The second-order valence-electron chi connectivity index (χ2n) is 5.51. The van der Waals surface area contributed by atoms with E-state index in [2.05, 4.69) is 0 Å². The quantitative estimate of drug-likeness (QED) is 0.340. The highest BCUT2D eigenvalue weighted by molar-refractivity contribution is 7.99. The topological polar surface area (TPSA) is 89.6 Å². The van der Waals surface area contributed by atoms with Crippen molar-refractivity contribution in [3.05, 3.63) is 54.1 Å². The number of phenols is 1. The van der Waals surface area contributed by atoms with Crippen LogP contribution in [0.5, 0.6) is 5.75 Å². The Labute approximate surface area is 151 Å². The molecule has 0 amide bonds. The van der Waals surface area contributed by atoms with Crippen LogP contribution in [0.4, 0.5) is 5.69 Å². The number of esters is 1.